The van der Waals surface area contributed by atoms with Crippen LogP contribution in [0.4, 0.5) is 5.69 Å². The third kappa shape index (κ3) is 3.99. The van der Waals surface area contributed by atoms with Crippen LogP contribution in [0, 0.1) is 13.8 Å². The lowest BCUT2D eigenvalue weighted by atomic mass is 10.1. The highest BCUT2D eigenvalue weighted by Crippen LogP contribution is 2.31. The molecule has 1 heterocycles. The Bertz CT molecular complexity index is 1050. The van der Waals surface area contributed by atoms with Crippen LogP contribution in [-0.2, 0) is 0 Å². The van der Waals surface area contributed by atoms with Gasteiger partial charge in [0, 0.05) is 22.2 Å². The summed E-state index contributed by atoms with van der Waals surface area (Å²) >= 11 is 1.47. The first-order valence-corrected chi connectivity index (χ1v) is 10.2. The molecule has 1 aliphatic rings. The van der Waals surface area contributed by atoms with E-state index in [1.54, 1.807) is 12.1 Å². The van der Waals surface area contributed by atoms with E-state index >= 15 is 0 Å². The van der Waals surface area contributed by atoms with Crippen LogP contribution in [0.25, 0.3) is 10.4 Å². The number of anilines is 1. The normalized spacial score (nSPS) is 13.2. The molecular weight excluding hydrogens is 368 g/mol. The Labute approximate surface area is 168 Å². The first kappa shape index (κ1) is 18.4. The average Bonchev–Trinajstić information content (AvgIpc) is 3.36. The fourth-order valence-electron chi connectivity index (χ4n) is 3.03. The van der Waals surface area contributed by atoms with Crippen LogP contribution in [0.15, 0.2) is 54.6 Å². The number of nitrogens with one attached hydrogen (secondary N) is 2. The summed E-state index contributed by atoms with van der Waals surface area (Å²) in [7, 11) is 0. The van der Waals surface area contributed by atoms with E-state index in [9.17, 15) is 9.59 Å². The van der Waals surface area contributed by atoms with Gasteiger partial charge in [0.25, 0.3) is 11.8 Å². The molecule has 1 aromatic heterocycles. The second-order valence-corrected chi connectivity index (χ2v) is 8.29. The van der Waals surface area contributed by atoms with Gasteiger partial charge in [-0.05, 0) is 67.6 Å². The molecule has 142 valence electrons. The molecule has 1 aliphatic carbocycles. The Morgan fingerprint density at radius 2 is 1.71 bits per heavy atom. The molecule has 0 atom stereocenters. The fraction of sp³-hybridized carbons (Fsp3) is 0.217. The molecule has 0 aliphatic heterocycles. The van der Waals surface area contributed by atoms with Gasteiger partial charge < -0.3 is 10.6 Å². The molecule has 2 aromatic carbocycles. The second-order valence-electron chi connectivity index (χ2n) is 7.21. The molecule has 2 amide bonds. The van der Waals surface area contributed by atoms with Gasteiger partial charge in [-0.3, -0.25) is 9.59 Å². The molecule has 3 aromatic rings. The third-order valence-corrected chi connectivity index (χ3v) is 6.02. The van der Waals surface area contributed by atoms with Gasteiger partial charge in [-0.2, -0.15) is 0 Å². The smallest absolute Gasteiger partial charge is 0.265 e. The molecule has 0 radical (unpaired) electrons. The van der Waals surface area contributed by atoms with Crippen molar-refractivity contribution in [3.05, 3.63) is 76.2 Å². The van der Waals surface area contributed by atoms with Crippen molar-refractivity contribution >= 4 is 28.8 Å². The number of carbonyl (C=O) groups excluding carboxylic acids is 2. The Kier molecular flexibility index (Phi) is 5.01. The molecule has 0 spiro atoms. The highest BCUT2D eigenvalue weighted by Gasteiger charge is 2.24. The lowest BCUT2D eigenvalue weighted by Crippen LogP contribution is -2.25. The van der Waals surface area contributed by atoms with E-state index < -0.39 is 0 Å². The zero-order valence-corrected chi connectivity index (χ0v) is 16.7. The van der Waals surface area contributed by atoms with Crippen LogP contribution in [0.3, 0.4) is 0 Å². The molecule has 28 heavy (non-hydrogen) atoms. The molecule has 4 rings (SSSR count). The second kappa shape index (κ2) is 7.60. The monoisotopic (exact) mass is 390 g/mol. The largest absolute Gasteiger partial charge is 0.349 e. The molecule has 5 heteroatoms. The summed E-state index contributed by atoms with van der Waals surface area (Å²) in [5.74, 6) is -0.247. The maximum Gasteiger partial charge on any atom is 0.265 e. The summed E-state index contributed by atoms with van der Waals surface area (Å²) in [4.78, 5) is 26.8. The van der Waals surface area contributed by atoms with E-state index in [4.69, 9.17) is 0 Å². The van der Waals surface area contributed by atoms with E-state index in [0.29, 0.717) is 22.2 Å². The fourth-order valence-corrected chi connectivity index (χ4v) is 4.02. The molecule has 2 N–H and O–H groups in total. The molecular formula is C23H22N2O2S. The molecule has 1 saturated carbocycles. The Hall–Kier alpha value is -2.92. The lowest BCUT2D eigenvalue weighted by molar-refractivity contribution is 0.0949. The van der Waals surface area contributed by atoms with Gasteiger partial charge in [-0.15, -0.1) is 11.3 Å². The van der Waals surface area contributed by atoms with Crippen molar-refractivity contribution in [3.63, 3.8) is 0 Å². The predicted molar refractivity (Wildman–Crippen MR) is 114 cm³/mol. The van der Waals surface area contributed by atoms with Gasteiger partial charge in [0.2, 0.25) is 0 Å². The standard InChI is InChI=1S/C23H22N2O2S/c1-14-5-3-4-6-18(14)20-11-12-21(28-20)23(27)25-19-13-16(8-7-15(19)2)22(26)24-17-9-10-17/h3-8,11-13,17H,9-10H2,1-2H3,(H,24,26)(H,25,27). The maximum absolute atomic E-state index is 12.8. The quantitative estimate of drug-likeness (QED) is 0.631. The van der Waals surface area contributed by atoms with E-state index in [1.165, 1.54) is 16.9 Å². The Morgan fingerprint density at radius 1 is 0.929 bits per heavy atom. The van der Waals surface area contributed by atoms with Crippen LogP contribution in [0.1, 0.15) is 44.0 Å². The number of carbonyl (C=O) groups is 2. The van der Waals surface area contributed by atoms with E-state index in [1.807, 2.05) is 37.3 Å². The summed E-state index contributed by atoms with van der Waals surface area (Å²) in [6, 6.07) is 17.7. The van der Waals surface area contributed by atoms with Gasteiger partial charge in [-0.1, -0.05) is 30.3 Å². The summed E-state index contributed by atoms with van der Waals surface area (Å²) in [5.41, 5.74) is 4.48. The topological polar surface area (TPSA) is 58.2 Å². The van der Waals surface area contributed by atoms with Gasteiger partial charge in [-0.25, -0.2) is 0 Å². The highest BCUT2D eigenvalue weighted by atomic mass is 32.1. The number of thiophene rings is 1. The van der Waals surface area contributed by atoms with Crippen molar-refractivity contribution in [3.8, 4) is 10.4 Å². The number of hydrogen-bond acceptors (Lipinski definition) is 3. The molecule has 1 fully saturated rings. The van der Waals surface area contributed by atoms with Gasteiger partial charge in [0.05, 0.1) is 4.88 Å². The van der Waals surface area contributed by atoms with Crippen molar-refractivity contribution in [1.29, 1.82) is 0 Å². The number of amides is 2. The van der Waals surface area contributed by atoms with Crippen molar-refractivity contribution in [2.24, 2.45) is 0 Å². The number of benzene rings is 2. The zero-order valence-electron chi connectivity index (χ0n) is 15.9. The summed E-state index contributed by atoms with van der Waals surface area (Å²) in [5, 5.41) is 5.94. The van der Waals surface area contributed by atoms with E-state index in [0.717, 1.165) is 28.8 Å². The summed E-state index contributed by atoms with van der Waals surface area (Å²) < 4.78 is 0. The van der Waals surface area contributed by atoms with Crippen LogP contribution >= 0.6 is 11.3 Å². The molecule has 4 nitrogen and oxygen atoms in total. The van der Waals surface area contributed by atoms with Gasteiger partial charge in [0.1, 0.15) is 0 Å². The summed E-state index contributed by atoms with van der Waals surface area (Å²) in [6.45, 7) is 3.99. The highest BCUT2D eigenvalue weighted by molar-refractivity contribution is 7.17. The van der Waals surface area contributed by atoms with Crippen molar-refractivity contribution in [2.75, 3.05) is 5.32 Å². The van der Waals surface area contributed by atoms with Crippen molar-refractivity contribution in [1.82, 2.24) is 5.32 Å². The van der Waals surface area contributed by atoms with Crippen molar-refractivity contribution in [2.45, 2.75) is 32.7 Å². The first-order chi connectivity index (χ1) is 13.5. The van der Waals surface area contributed by atoms with Crippen LogP contribution in [0.2, 0.25) is 0 Å². The number of rotatable bonds is 5. The minimum absolute atomic E-state index is 0.0871. The van der Waals surface area contributed by atoms with Crippen LogP contribution in [0.5, 0.6) is 0 Å². The minimum atomic E-state index is -0.160. The minimum Gasteiger partial charge on any atom is -0.349 e. The zero-order chi connectivity index (χ0) is 19.7. The number of aryl methyl sites for hydroxylation is 2. The Balaban J connectivity index is 1.52. The van der Waals surface area contributed by atoms with E-state index in [2.05, 4.69) is 29.7 Å². The van der Waals surface area contributed by atoms with Crippen molar-refractivity contribution < 1.29 is 9.59 Å². The molecule has 0 saturated heterocycles. The number of hydrogen-bond donors (Lipinski definition) is 2. The third-order valence-electron chi connectivity index (χ3n) is 4.90. The molecule has 0 unspecified atom stereocenters. The van der Waals surface area contributed by atoms with Gasteiger partial charge >= 0.3 is 0 Å². The van der Waals surface area contributed by atoms with E-state index in [-0.39, 0.29) is 11.8 Å². The van der Waals surface area contributed by atoms with Crippen LogP contribution < -0.4 is 10.6 Å². The maximum atomic E-state index is 12.8. The first-order valence-electron chi connectivity index (χ1n) is 9.40. The lowest BCUT2D eigenvalue weighted by Gasteiger charge is -2.10. The Morgan fingerprint density at radius 3 is 2.46 bits per heavy atom. The predicted octanol–water partition coefficient (Wildman–Crippen LogP) is 5.18. The summed E-state index contributed by atoms with van der Waals surface area (Å²) in [6.07, 6.45) is 2.09. The molecule has 0 bridgehead atoms. The van der Waals surface area contributed by atoms with Gasteiger partial charge in [0.15, 0.2) is 0 Å². The average molecular weight is 391 g/mol. The van der Waals surface area contributed by atoms with Crippen LogP contribution in [-0.4, -0.2) is 17.9 Å². The SMILES string of the molecule is Cc1ccc(C(=O)NC2CC2)cc1NC(=O)c1ccc(-c2ccccc2C)s1.